The second-order valence-corrected chi connectivity index (χ2v) is 14.6. The minimum absolute atomic E-state index is 0.102. The fourth-order valence-electron chi connectivity index (χ4n) is 8.51. The molecule has 0 saturated carbocycles. The Bertz CT molecular complexity index is 1830. The fourth-order valence-corrected chi connectivity index (χ4v) is 8.51. The molecule has 2 N–H and O–H groups in total. The molecule has 0 spiro atoms. The summed E-state index contributed by atoms with van der Waals surface area (Å²) in [6.07, 6.45) is 3.73. The van der Waals surface area contributed by atoms with Crippen LogP contribution >= 0.6 is 0 Å². The zero-order chi connectivity index (χ0) is 36.3. The summed E-state index contributed by atoms with van der Waals surface area (Å²) in [5, 5.41) is 25.6. The van der Waals surface area contributed by atoms with Gasteiger partial charge in [-0.1, -0.05) is 90.0 Å². The van der Waals surface area contributed by atoms with E-state index in [9.17, 15) is 10.2 Å². The molecule has 0 bridgehead atoms. The number of aromatic nitrogens is 1. The molecule has 270 valence electrons. The first-order chi connectivity index (χ1) is 25.2. The van der Waals surface area contributed by atoms with Crippen LogP contribution in [0.1, 0.15) is 70.5 Å². The Hall–Kier alpha value is -4.53. The fraction of sp³-hybridized carbons (Fsp3) is 0.356. The predicted molar refractivity (Wildman–Crippen MR) is 205 cm³/mol. The molecule has 2 fully saturated rings. The Kier molecular flexibility index (Phi) is 10.5. The summed E-state index contributed by atoms with van der Waals surface area (Å²) in [7, 11) is 3.31. The summed E-state index contributed by atoms with van der Waals surface area (Å²) in [4.78, 5) is 10.0. The average Bonchev–Trinajstić information content (AvgIpc) is 3.85. The van der Waals surface area contributed by atoms with Gasteiger partial charge in [0.15, 0.2) is 0 Å². The van der Waals surface area contributed by atoms with Crippen LogP contribution in [0, 0.1) is 13.8 Å². The highest BCUT2D eigenvalue weighted by Gasteiger charge is 2.47. The van der Waals surface area contributed by atoms with Crippen LogP contribution in [-0.2, 0) is 24.3 Å². The Morgan fingerprint density at radius 2 is 0.904 bits per heavy atom. The molecule has 7 rings (SSSR count). The topological polar surface area (TPSA) is 78.3 Å². The average molecular weight is 698 g/mol. The summed E-state index contributed by atoms with van der Waals surface area (Å²) < 4.78 is 10.9. The molecule has 2 saturated heterocycles. The van der Waals surface area contributed by atoms with Crippen LogP contribution in [0.2, 0.25) is 0 Å². The number of aryl methyl sites for hydroxylation is 2. The van der Waals surface area contributed by atoms with E-state index in [4.69, 9.17) is 14.5 Å². The van der Waals surface area contributed by atoms with Crippen molar-refractivity contribution in [1.29, 1.82) is 0 Å². The molecule has 52 heavy (non-hydrogen) atoms. The lowest BCUT2D eigenvalue weighted by molar-refractivity contribution is -0.00770. The van der Waals surface area contributed by atoms with Crippen LogP contribution in [0.5, 0.6) is 11.5 Å². The third-order valence-electron chi connectivity index (χ3n) is 11.3. The predicted octanol–water partition coefficient (Wildman–Crippen LogP) is 7.52. The second-order valence-electron chi connectivity index (χ2n) is 14.6. The third kappa shape index (κ3) is 6.98. The highest BCUT2D eigenvalue weighted by Crippen LogP contribution is 2.43. The van der Waals surface area contributed by atoms with Crippen molar-refractivity contribution in [3.63, 3.8) is 0 Å². The van der Waals surface area contributed by atoms with Gasteiger partial charge in [-0.2, -0.15) is 0 Å². The Morgan fingerprint density at radius 3 is 1.25 bits per heavy atom. The number of nitrogens with zero attached hydrogens (tertiary/aromatic N) is 3. The van der Waals surface area contributed by atoms with Gasteiger partial charge in [0.2, 0.25) is 0 Å². The van der Waals surface area contributed by atoms with Crippen molar-refractivity contribution in [2.75, 3.05) is 27.3 Å². The number of benzene rings is 4. The number of hydrogen-bond donors (Lipinski definition) is 2. The van der Waals surface area contributed by atoms with E-state index in [1.54, 1.807) is 14.2 Å². The maximum absolute atomic E-state index is 12.8. The largest absolute Gasteiger partial charge is 0.497 e. The number of aliphatic hydroxyl groups is 2. The number of likely N-dealkylation sites (tertiary alicyclic amines) is 2. The van der Waals surface area contributed by atoms with Crippen molar-refractivity contribution in [2.45, 2.75) is 75.9 Å². The molecule has 3 heterocycles. The van der Waals surface area contributed by atoms with Gasteiger partial charge >= 0.3 is 0 Å². The van der Waals surface area contributed by atoms with Gasteiger partial charge in [0.1, 0.15) is 22.7 Å². The lowest BCUT2D eigenvalue weighted by atomic mass is 9.78. The normalized spacial score (nSPS) is 18.5. The van der Waals surface area contributed by atoms with Crippen LogP contribution < -0.4 is 9.47 Å². The van der Waals surface area contributed by atoms with Crippen LogP contribution in [0.4, 0.5) is 0 Å². The summed E-state index contributed by atoms with van der Waals surface area (Å²) in [5.74, 6) is 1.50. The minimum Gasteiger partial charge on any atom is -0.497 e. The molecule has 4 aromatic carbocycles. The quantitative estimate of drug-likeness (QED) is 0.140. The van der Waals surface area contributed by atoms with Crippen molar-refractivity contribution < 1.29 is 19.7 Å². The highest BCUT2D eigenvalue weighted by atomic mass is 16.5. The van der Waals surface area contributed by atoms with Crippen molar-refractivity contribution in [1.82, 2.24) is 14.8 Å². The number of methoxy groups -OCH3 is 2. The zero-order valence-corrected chi connectivity index (χ0v) is 30.8. The van der Waals surface area contributed by atoms with Crippen LogP contribution in [-0.4, -0.2) is 64.4 Å². The third-order valence-corrected chi connectivity index (χ3v) is 11.3. The molecule has 2 unspecified atom stereocenters. The van der Waals surface area contributed by atoms with Crippen molar-refractivity contribution >= 4 is 0 Å². The minimum atomic E-state index is -1.26. The molecule has 0 radical (unpaired) electrons. The summed E-state index contributed by atoms with van der Waals surface area (Å²) in [5.41, 5.74) is 5.37. The summed E-state index contributed by atoms with van der Waals surface area (Å²) in [6, 6.07) is 38.3. The monoisotopic (exact) mass is 697 g/mol. The van der Waals surface area contributed by atoms with E-state index in [1.807, 2.05) is 48.5 Å². The zero-order valence-electron chi connectivity index (χ0n) is 30.8. The van der Waals surface area contributed by atoms with E-state index in [-0.39, 0.29) is 12.1 Å². The number of pyridine rings is 1. The first-order valence-electron chi connectivity index (χ1n) is 18.5. The molecule has 5 aromatic rings. The van der Waals surface area contributed by atoms with Crippen LogP contribution in [0.15, 0.2) is 115 Å². The molecular formula is C45H51N3O4. The van der Waals surface area contributed by atoms with E-state index in [0.717, 1.165) is 83.9 Å². The highest BCUT2D eigenvalue weighted by molar-refractivity contribution is 5.44. The van der Waals surface area contributed by atoms with Gasteiger partial charge in [-0.05, 0) is 111 Å². The van der Waals surface area contributed by atoms with E-state index in [2.05, 4.69) is 90.4 Å². The van der Waals surface area contributed by atoms with Crippen molar-refractivity contribution in [3.05, 3.63) is 160 Å². The molecule has 0 amide bonds. The summed E-state index contributed by atoms with van der Waals surface area (Å²) in [6.45, 7) is 7.18. The van der Waals surface area contributed by atoms with Gasteiger partial charge in [0, 0.05) is 25.2 Å². The first-order valence-corrected chi connectivity index (χ1v) is 18.5. The number of rotatable bonds is 12. The number of ether oxygens (including phenoxy) is 2. The molecule has 2 atom stereocenters. The van der Waals surface area contributed by atoms with Gasteiger partial charge in [-0.25, -0.2) is 0 Å². The van der Waals surface area contributed by atoms with Gasteiger partial charge in [-0.3, -0.25) is 14.8 Å². The van der Waals surface area contributed by atoms with Gasteiger partial charge in [0.25, 0.3) is 0 Å². The lowest BCUT2D eigenvalue weighted by Crippen LogP contribution is -2.48. The molecule has 2 aliphatic rings. The van der Waals surface area contributed by atoms with E-state index in [0.29, 0.717) is 13.1 Å². The lowest BCUT2D eigenvalue weighted by Gasteiger charge is -2.40. The Labute approximate surface area is 308 Å². The molecule has 0 aliphatic carbocycles. The van der Waals surface area contributed by atoms with Crippen molar-refractivity contribution in [3.8, 4) is 11.5 Å². The van der Waals surface area contributed by atoms with E-state index >= 15 is 0 Å². The second kappa shape index (κ2) is 15.2. The van der Waals surface area contributed by atoms with Gasteiger partial charge in [0.05, 0.1) is 25.6 Å². The first kappa shape index (κ1) is 35.9. The SMILES string of the molecule is COc1ccc(C(O)(c2ccc(OC)cc2)C2CCCN2Cc2cccc(CN3CCCC3C(O)(c3ccc(C)cc3)c3ccc(C)cc3)n2)cc1. The number of hydrogen-bond acceptors (Lipinski definition) is 7. The molecule has 7 nitrogen and oxygen atoms in total. The molecular weight excluding hydrogens is 647 g/mol. The standard InChI is InChI=1S/C45H51N3O4/c1-32-12-16-34(17-13-32)44(49,35-18-14-33(2)15-19-35)42-10-6-28-47(42)30-38-8-5-9-39(46-38)31-48-29-7-11-43(48)45(50,36-20-24-40(51-3)25-21-36)37-22-26-41(52-4)27-23-37/h5,8-9,12-27,42-43,49-50H,6-7,10-11,28-31H2,1-4H3. The maximum atomic E-state index is 12.8. The summed E-state index contributed by atoms with van der Waals surface area (Å²) >= 11 is 0. The van der Waals surface area contributed by atoms with Crippen LogP contribution in [0.25, 0.3) is 0 Å². The van der Waals surface area contributed by atoms with E-state index in [1.165, 1.54) is 11.1 Å². The van der Waals surface area contributed by atoms with Gasteiger partial charge in [-0.15, -0.1) is 0 Å². The maximum Gasteiger partial charge on any atom is 0.130 e. The Balaban J connectivity index is 1.15. The molecule has 1 aromatic heterocycles. The van der Waals surface area contributed by atoms with Crippen LogP contribution in [0.3, 0.4) is 0 Å². The molecule has 7 heteroatoms. The Morgan fingerprint density at radius 1 is 0.558 bits per heavy atom. The molecule has 2 aliphatic heterocycles. The smallest absolute Gasteiger partial charge is 0.130 e. The van der Waals surface area contributed by atoms with Crippen molar-refractivity contribution in [2.24, 2.45) is 0 Å². The van der Waals surface area contributed by atoms with Gasteiger partial charge < -0.3 is 19.7 Å². The van der Waals surface area contributed by atoms with E-state index < -0.39 is 11.2 Å².